The Morgan fingerprint density at radius 2 is 1.40 bits per heavy atom. The zero-order chi connectivity index (χ0) is 24.3. The molecule has 0 amide bonds. The maximum atomic E-state index is 5.81. The molecule has 0 aromatic heterocycles. The van der Waals surface area contributed by atoms with Crippen LogP contribution in [0.1, 0.15) is 134 Å². The molecule has 0 N–H and O–H groups in total. The predicted molar refractivity (Wildman–Crippen MR) is 151 cm³/mol. The van der Waals surface area contributed by atoms with Crippen molar-refractivity contribution >= 4 is 0 Å². The molecule has 1 aromatic rings. The van der Waals surface area contributed by atoms with Crippen molar-refractivity contribution in [2.24, 2.45) is 29.6 Å². The van der Waals surface area contributed by atoms with Crippen molar-refractivity contribution in [1.82, 2.24) is 0 Å². The van der Waals surface area contributed by atoms with Gasteiger partial charge in [0.2, 0.25) is 0 Å². The molecule has 3 saturated carbocycles. The van der Waals surface area contributed by atoms with Crippen LogP contribution in [0.2, 0.25) is 0 Å². The molecule has 1 nitrogen and oxygen atoms in total. The van der Waals surface area contributed by atoms with Crippen LogP contribution in [0, 0.1) is 29.6 Å². The molecule has 4 unspecified atom stereocenters. The lowest BCUT2D eigenvalue weighted by Crippen LogP contribution is -2.30. The van der Waals surface area contributed by atoms with E-state index in [1.54, 1.807) is 12.0 Å². The minimum Gasteiger partial charge on any atom is -0.493 e. The zero-order valence-electron chi connectivity index (χ0n) is 22.9. The Bertz CT molecular complexity index is 713. The van der Waals surface area contributed by atoms with Gasteiger partial charge in [0.15, 0.2) is 0 Å². The number of hydrogen-bond donors (Lipinski definition) is 0. The molecule has 0 radical (unpaired) electrons. The van der Waals surface area contributed by atoms with Crippen molar-refractivity contribution in [2.75, 3.05) is 6.61 Å². The highest BCUT2D eigenvalue weighted by molar-refractivity contribution is 5.30. The largest absolute Gasteiger partial charge is 0.493 e. The van der Waals surface area contributed by atoms with E-state index in [2.05, 4.69) is 37.8 Å². The zero-order valence-corrected chi connectivity index (χ0v) is 22.9. The summed E-state index contributed by atoms with van der Waals surface area (Å²) >= 11 is 0. The van der Waals surface area contributed by atoms with E-state index in [1.165, 1.54) is 103 Å². The molecule has 3 aliphatic rings. The summed E-state index contributed by atoms with van der Waals surface area (Å²) in [6.45, 7) is 6.83. The van der Waals surface area contributed by atoms with Gasteiger partial charge in [-0.25, -0.2) is 0 Å². The Morgan fingerprint density at radius 3 is 2.14 bits per heavy atom. The van der Waals surface area contributed by atoms with Gasteiger partial charge in [-0.1, -0.05) is 102 Å². The summed E-state index contributed by atoms with van der Waals surface area (Å²) in [5, 5.41) is 0. The van der Waals surface area contributed by atoms with Gasteiger partial charge in [-0.2, -0.15) is 0 Å². The van der Waals surface area contributed by atoms with E-state index >= 15 is 0 Å². The molecule has 0 heterocycles. The molecule has 0 saturated heterocycles. The number of benzene rings is 1. The minimum atomic E-state index is 0.734. The highest BCUT2D eigenvalue weighted by Crippen LogP contribution is 2.49. The first-order valence-corrected chi connectivity index (χ1v) is 15.6. The van der Waals surface area contributed by atoms with Crippen LogP contribution in [-0.2, 0) is 0 Å². The second kappa shape index (κ2) is 14.5. The summed E-state index contributed by atoms with van der Waals surface area (Å²) in [6, 6.07) is 9.03. The number of ether oxygens (including phenoxy) is 1. The first-order chi connectivity index (χ1) is 17.2. The molecule has 4 rings (SSSR count). The molecular weight excluding hydrogens is 424 g/mol. The Kier molecular flexibility index (Phi) is 11.1. The molecule has 0 bridgehead atoms. The van der Waals surface area contributed by atoms with Gasteiger partial charge in [0.1, 0.15) is 5.75 Å². The number of rotatable bonds is 13. The van der Waals surface area contributed by atoms with E-state index in [9.17, 15) is 0 Å². The fourth-order valence-electron chi connectivity index (χ4n) is 7.79. The molecule has 1 heteroatoms. The molecule has 0 aliphatic heterocycles. The topological polar surface area (TPSA) is 9.23 Å². The van der Waals surface area contributed by atoms with Gasteiger partial charge in [-0.3, -0.25) is 0 Å². The van der Waals surface area contributed by atoms with E-state index in [0.717, 1.165) is 54.3 Å². The van der Waals surface area contributed by atoms with Crippen LogP contribution >= 0.6 is 0 Å². The molecule has 1 aromatic carbocycles. The molecule has 0 spiro atoms. The van der Waals surface area contributed by atoms with Crippen LogP contribution in [0.3, 0.4) is 0 Å². The van der Waals surface area contributed by atoms with Crippen LogP contribution in [0.25, 0.3) is 0 Å². The Labute approximate surface area is 217 Å². The highest BCUT2D eigenvalue weighted by Gasteiger charge is 2.36. The Balaban J connectivity index is 1.12. The van der Waals surface area contributed by atoms with E-state index in [4.69, 9.17) is 4.74 Å². The van der Waals surface area contributed by atoms with Crippen molar-refractivity contribution in [3.63, 3.8) is 0 Å². The predicted octanol–water partition coefficient (Wildman–Crippen LogP) is 10.5. The van der Waals surface area contributed by atoms with E-state index < -0.39 is 0 Å². The normalized spacial score (nSPS) is 31.0. The number of hydrogen-bond acceptors (Lipinski definition) is 1. The van der Waals surface area contributed by atoms with Crippen LogP contribution in [0.15, 0.2) is 36.9 Å². The highest BCUT2D eigenvalue weighted by atomic mass is 16.5. The second-order valence-electron chi connectivity index (χ2n) is 12.5. The maximum absolute atomic E-state index is 5.81. The summed E-state index contributed by atoms with van der Waals surface area (Å²) in [5.41, 5.74) is 1.54. The Hall–Kier alpha value is -1.24. The standard InChI is InChI=1S/C34H54O/c1-3-5-7-8-9-27-10-12-28(13-11-27)14-15-29-16-17-33-26-32(19-18-31(33)25-29)30-20-22-34(23-21-30)35-24-6-4-2/h4,20-23,27-29,31-33H,2-3,5-19,24-26H2,1H3. The van der Waals surface area contributed by atoms with Crippen molar-refractivity contribution in [2.45, 2.75) is 128 Å². The number of fused-ring (bicyclic) bond motifs is 1. The van der Waals surface area contributed by atoms with Gasteiger partial charge in [-0.05, 0) is 91.7 Å². The average molecular weight is 479 g/mol. The first-order valence-electron chi connectivity index (χ1n) is 15.6. The SMILES string of the molecule is C=CCCOc1ccc(C2CCC3CC(CCC4CCC(CCCCCC)CC4)CCC3C2)cc1. The van der Waals surface area contributed by atoms with Gasteiger partial charge in [0.25, 0.3) is 0 Å². The third-order valence-corrected chi connectivity index (χ3v) is 10.1. The average Bonchev–Trinajstić information content (AvgIpc) is 2.91. The quantitative estimate of drug-likeness (QED) is 0.202. The third-order valence-electron chi connectivity index (χ3n) is 10.1. The lowest BCUT2D eigenvalue weighted by molar-refractivity contribution is 0.108. The van der Waals surface area contributed by atoms with E-state index in [1.807, 2.05) is 6.08 Å². The lowest BCUT2D eigenvalue weighted by Gasteiger charge is -2.43. The molecule has 4 atom stereocenters. The number of unbranched alkanes of at least 4 members (excludes halogenated alkanes) is 3. The van der Waals surface area contributed by atoms with Gasteiger partial charge in [-0.15, -0.1) is 6.58 Å². The molecule has 196 valence electrons. The first kappa shape index (κ1) is 26.8. The second-order valence-corrected chi connectivity index (χ2v) is 12.5. The third kappa shape index (κ3) is 8.40. The van der Waals surface area contributed by atoms with Crippen LogP contribution < -0.4 is 4.74 Å². The smallest absolute Gasteiger partial charge is 0.119 e. The maximum Gasteiger partial charge on any atom is 0.119 e. The Morgan fingerprint density at radius 1 is 0.743 bits per heavy atom. The molecule has 3 fully saturated rings. The fourth-order valence-corrected chi connectivity index (χ4v) is 7.79. The minimum absolute atomic E-state index is 0.734. The summed E-state index contributed by atoms with van der Waals surface area (Å²) in [6.07, 6.45) is 28.2. The molecule has 3 aliphatic carbocycles. The molecule has 35 heavy (non-hydrogen) atoms. The van der Waals surface area contributed by atoms with Crippen LogP contribution in [0.5, 0.6) is 5.75 Å². The van der Waals surface area contributed by atoms with Crippen LogP contribution in [-0.4, -0.2) is 6.61 Å². The summed E-state index contributed by atoms with van der Waals surface area (Å²) < 4.78 is 5.81. The van der Waals surface area contributed by atoms with Crippen molar-refractivity contribution in [1.29, 1.82) is 0 Å². The monoisotopic (exact) mass is 478 g/mol. The lowest BCUT2D eigenvalue weighted by atomic mass is 9.63. The van der Waals surface area contributed by atoms with Crippen molar-refractivity contribution < 1.29 is 4.74 Å². The summed E-state index contributed by atoms with van der Waals surface area (Å²) in [4.78, 5) is 0. The van der Waals surface area contributed by atoms with Crippen molar-refractivity contribution in [3.05, 3.63) is 42.5 Å². The van der Waals surface area contributed by atoms with E-state index in [0.29, 0.717) is 0 Å². The van der Waals surface area contributed by atoms with Gasteiger partial charge >= 0.3 is 0 Å². The molecular formula is C34H54O. The van der Waals surface area contributed by atoms with Crippen LogP contribution in [0.4, 0.5) is 0 Å². The van der Waals surface area contributed by atoms with E-state index in [-0.39, 0.29) is 0 Å². The van der Waals surface area contributed by atoms with Gasteiger partial charge < -0.3 is 4.74 Å². The van der Waals surface area contributed by atoms with Gasteiger partial charge in [0, 0.05) is 0 Å². The summed E-state index contributed by atoms with van der Waals surface area (Å²) in [7, 11) is 0. The van der Waals surface area contributed by atoms with Gasteiger partial charge in [0.05, 0.1) is 6.61 Å². The van der Waals surface area contributed by atoms with Crippen molar-refractivity contribution in [3.8, 4) is 5.75 Å². The summed E-state index contributed by atoms with van der Waals surface area (Å²) in [5.74, 6) is 6.93. The fraction of sp³-hybridized carbons (Fsp3) is 0.765.